The maximum atomic E-state index is 5.45. The molecule has 0 saturated carbocycles. The summed E-state index contributed by atoms with van der Waals surface area (Å²) in [6.45, 7) is 11.4. The molecule has 0 spiro atoms. The van der Waals surface area contributed by atoms with Gasteiger partial charge in [0.15, 0.2) is 0 Å². The predicted octanol–water partition coefficient (Wildman–Crippen LogP) is 3.10. The first-order valence-electron chi connectivity index (χ1n) is 12.6. The van der Waals surface area contributed by atoms with E-state index >= 15 is 0 Å². The number of piperidine rings is 1. The second kappa shape index (κ2) is 11.2. The van der Waals surface area contributed by atoms with Crippen LogP contribution in [0.2, 0.25) is 0 Å². The molecular formula is C26H44N4O. The van der Waals surface area contributed by atoms with E-state index in [1.54, 1.807) is 11.1 Å². The van der Waals surface area contributed by atoms with Gasteiger partial charge in [0.1, 0.15) is 0 Å². The van der Waals surface area contributed by atoms with Gasteiger partial charge in [0, 0.05) is 51.4 Å². The van der Waals surface area contributed by atoms with E-state index in [9.17, 15) is 0 Å². The van der Waals surface area contributed by atoms with E-state index in [1.807, 2.05) is 7.11 Å². The number of likely N-dealkylation sites (tertiary alicyclic amines) is 1. The van der Waals surface area contributed by atoms with E-state index in [0.29, 0.717) is 18.1 Å². The maximum Gasteiger partial charge on any atom is 0.0589 e. The Bertz CT molecular complexity index is 656. The molecule has 174 valence electrons. The summed E-state index contributed by atoms with van der Waals surface area (Å²) in [4.78, 5) is 5.47. The summed E-state index contributed by atoms with van der Waals surface area (Å²) in [6.07, 6.45) is 7.68. The van der Waals surface area contributed by atoms with Crippen LogP contribution in [0, 0.1) is 11.8 Å². The highest BCUT2D eigenvalue weighted by atomic mass is 16.5. The lowest BCUT2D eigenvalue weighted by Crippen LogP contribution is -2.48. The summed E-state index contributed by atoms with van der Waals surface area (Å²) in [5.41, 5.74) is 10.3. The van der Waals surface area contributed by atoms with E-state index in [1.165, 1.54) is 58.2 Å². The summed E-state index contributed by atoms with van der Waals surface area (Å²) in [7, 11) is 1.83. The minimum atomic E-state index is 0.546. The number of hydrazine groups is 1. The fourth-order valence-electron chi connectivity index (χ4n) is 6.07. The van der Waals surface area contributed by atoms with Crippen molar-refractivity contribution in [1.82, 2.24) is 20.7 Å². The number of hydrogen-bond donors (Lipinski definition) is 2. The van der Waals surface area contributed by atoms with Crippen LogP contribution in [0.5, 0.6) is 0 Å². The van der Waals surface area contributed by atoms with Crippen LogP contribution in [0.3, 0.4) is 0 Å². The molecule has 5 heteroatoms. The van der Waals surface area contributed by atoms with Crippen molar-refractivity contribution in [3.8, 4) is 0 Å². The van der Waals surface area contributed by atoms with Crippen molar-refractivity contribution in [1.29, 1.82) is 0 Å². The van der Waals surface area contributed by atoms with Gasteiger partial charge in [-0.05, 0) is 68.0 Å². The number of hydrogen-bond acceptors (Lipinski definition) is 5. The van der Waals surface area contributed by atoms with Gasteiger partial charge in [-0.2, -0.15) is 0 Å². The van der Waals surface area contributed by atoms with Crippen LogP contribution in [0.4, 0.5) is 0 Å². The van der Waals surface area contributed by atoms with Gasteiger partial charge >= 0.3 is 0 Å². The van der Waals surface area contributed by atoms with Crippen LogP contribution >= 0.6 is 0 Å². The lowest BCUT2D eigenvalue weighted by atomic mass is 9.95. The lowest BCUT2D eigenvalue weighted by molar-refractivity contribution is 0.0836. The molecule has 2 saturated heterocycles. The van der Waals surface area contributed by atoms with Gasteiger partial charge in [-0.1, -0.05) is 38.1 Å². The largest absolute Gasteiger partial charge is 0.383 e. The molecule has 0 radical (unpaired) electrons. The topological polar surface area (TPSA) is 39.8 Å². The Labute approximate surface area is 189 Å². The molecular weight excluding hydrogens is 384 g/mol. The number of ether oxygens (including phenoxy) is 1. The third-order valence-electron chi connectivity index (χ3n) is 7.52. The normalized spacial score (nSPS) is 27.5. The van der Waals surface area contributed by atoms with Gasteiger partial charge in [-0.15, -0.1) is 0 Å². The van der Waals surface area contributed by atoms with Crippen molar-refractivity contribution in [3.05, 3.63) is 35.4 Å². The highest BCUT2D eigenvalue weighted by Crippen LogP contribution is 2.29. The summed E-state index contributed by atoms with van der Waals surface area (Å²) in [5, 5.41) is 0. The van der Waals surface area contributed by atoms with Crippen molar-refractivity contribution in [2.24, 2.45) is 11.8 Å². The summed E-state index contributed by atoms with van der Waals surface area (Å²) in [6, 6.07) is 10.9. The van der Waals surface area contributed by atoms with Crippen LogP contribution in [-0.2, 0) is 17.6 Å². The average molecular weight is 429 g/mol. The minimum Gasteiger partial charge on any atom is -0.383 e. The van der Waals surface area contributed by atoms with Crippen LogP contribution in [0.1, 0.15) is 50.7 Å². The third kappa shape index (κ3) is 6.52. The van der Waals surface area contributed by atoms with Crippen molar-refractivity contribution in [3.63, 3.8) is 0 Å². The zero-order valence-electron chi connectivity index (χ0n) is 20.0. The Kier molecular flexibility index (Phi) is 8.41. The van der Waals surface area contributed by atoms with Crippen molar-refractivity contribution >= 4 is 0 Å². The Hall–Kier alpha value is -0.980. The molecule has 1 aromatic rings. The molecule has 2 N–H and O–H groups in total. The number of nitrogens with one attached hydrogen (secondary N) is 2. The molecule has 2 heterocycles. The number of rotatable bonds is 10. The van der Waals surface area contributed by atoms with Crippen molar-refractivity contribution in [2.45, 2.75) is 70.5 Å². The first-order valence-corrected chi connectivity index (χ1v) is 12.6. The molecule has 5 nitrogen and oxygen atoms in total. The Morgan fingerprint density at radius 2 is 1.84 bits per heavy atom. The van der Waals surface area contributed by atoms with Gasteiger partial charge in [0.2, 0.25) is 0 Å². The van der Waals surface area contributed by atoms with Crippen LogP contribution in [-0.4, -0.2) is 74.4 Å². The highest BCUT2D eigenvalue weighted by Gasteiger charge is 2.32. The second-order valence-corrected chi connectivity index (χ2v) is 10.6. The van der Waals surface area contributed by atoms with Crippen LogP contribution < -0.4 is 10.9 Å². The molecule has 4 rings (SSSR count). The Morgan fingerprint density at radius 3 is 2.55 bits per heavy atom. The molecule has 1 aromatic carbocycles. The molecule has 3 atom stereocenters. The molecule has 0 aromatic heterocycles. The molecule has 0 bridgehead atoms. The van der Waals surface area contributed by atoms with Crippen LogP contribution in [0.15, 0.2) is 24.3 Å². The Balaban J connectivity index is 1.28. The van der Waals surface area contributed by atoms with Crippen LogP contribution in [0.25, 0.3) is 0 Å². The SMILES string of the molecule is COCCN(CC1CCCN(C2Cc3ccccc3C2)C1)CC1CC(CC(C)C)NN1. The molecule has 2 aliphatic heterocycles. The molecule has 1 aliphatic carbocycles. The van der Waals surface area contributed by atoms with Gasteiger partial charge in [-0.25, -0.2) is 0 Å². The number of nitrogens with zero attached hydrogens (tertiary/aromatic N) is 2. The summed E-state index contributed by atoms with van der Waals surface area (Å²) >= 11 is 0. The number of benzene rings is 1. The maximum absolute atomic E-state index is 5.45. The zero-order chi connectivity index (χ0) is 21.6. The average Bonchev–Trinajstić information content (AvgIpc) is 3.38. The molecule has 31 heavy (non-hydrogen) atoms. The third-order valence-corrected chi connectivity index (χ3v) is 7.52. The van der Waals surface area contributed by atoms with Gasteiger partial charge in [0.05, 0.1) is 6.61 Å². The monoisotopic (exact) mass is 428 g/mol. The smallest absolute Gasteiger partial charge is 0.0589 e. The lowest BCUT2D eigenvalue weighted by Gasteiger charge is -2.39. The van der Waals surface area contributed by atoms with Gasteiger partial charge in [-0.3, -0.25) is 20.7 Å². The fourth-order valence-corrected chi connectivity index (χ4v) is 6.07. The van der Waals surface area contributed by atoms with E-state index < -0.39 is 0 Å². The molecule has 2 fully saturated rings. The second-order valence-electron chi connectivity index (χ2n) is 10.6. The van der Waals surface area contributed by atoms with E-state index in [4.69, 9.17) is 4.74 Å². The summed E-state index contributed by atoms with van der Waals surface area (Å²) < 4.78 is 5.45. The van der Waals surface area contributed by atoms with Crippen molar-refractivity contribution in [2.75, 3.05) is 46.4 Å². The molecule has 3 unspecified atom stereocenters. The van der Waals surface area contributed by atoms with Gasteiger partial charge < -0.3 is 4.74 Å². The first-order chi connectivity index (χ1) is 15.1. The zero-order valence-corrected chi connectivity index (χ0v) is 20.0. The first kappa shape index (κ1) is 23.2. The number of methoxy groups -OCH3 is 1. The highest BCUT2D eigenvalue weighted by molar-refractivity contribution is 5.33. The number of fused-ring (bicyclic) bond motifs is 1. The quantitative estimate of drug-likeness (QED) is 0.599. The van der Waals surface area contributed by atoms with Crippen molar-refractivity contribution < 1.29 is 4.74 Å². The Morgan fingerprint density at radius 1 is 1.10 bits per heavy atom. The summed E-state index contributed by atoms with van der Waals surface area (Å²) in [5.74, 6) is 1.52. The fraction of sp³-hybridized carbons (Fsp3) is 0.769. The molecule has 3 aliphatic rings. The van der Waals surface area contributed by atoms with E-state index in [2.05, 4.69) is 58.8 Å². The van der Waals surface area contributed by atoms with E-state index in [-0.39, 0.29) is 0 Å². The van der Waals surface area contributed by atoms with Gasteiger partial charge in [0.25, 0.3) is 0 Å². The molecule has 0 amide bonds. The standard InChI is InChI=1S/C26H44N4O/c1-20(2)13-24-16-25(28-27-24)19-29(11-12-31-3)17-21-7-6-10-30(18-21)26-14-22-8-4-5-9-23(22)15-26/h4-5,8-9,20-21,24-28H,6-7,10-19H2,1-3H3. The van der Waals surface area contributed by atoms with E-state index in [0.717, 1.165) is 31.5 Å². The predicted molar refractivity (Wildman–Crippen MR) is 128 cm³/mol. The minimum absolute atomic E-state index is 0.546.